The fourth-order valence-corrected chi connectivity index (χ4v) is 5.54. The van der Waals surface area contributed by atoms with Crippen molar-refractivity contribution in [1.29, 1.82) is 0 Å². The van der Waals surface area contributed by atoms with Gasteiger partial charge in [0.05, 0.1) is 17.9 Å². The molecular formula is C29H26O19. The van der Waals surface area contributed by atoms with Crippen molar-refractivity contribution in [2.45, 2.75) is 54.7 Å². The average molecular weight is 679 g/mol. The maximum absolute atomic E-state index is 13.3. The van der Waals surface area contributed by atoms with Gasteiger partial charge in [-0.3, -0.25) is 4.79 Å². The summed E-state index contributed by atoms with van der Waals surface area (Å²) in [6.45, 7) is -0.944. The number of fused-ring (bicyclic) bond motifs is 3. The zero-order chi connectivity index (χ0) is 35.2. The molecule has 3 aliphatic heterocycles. The lowest BCUT2D eigenvalue weighted by atomic mass is 9.78. The van der Waals surface area contributed by atoms with Gasteiger partial charge in [0, 0.05) is 11.6 Å². The van der Waals surface area contributed by atoms with Gasteiger partial charge in [0.25, 0.3) is 0 Å². The van der Waals surface area contributed by atoms with Crippen molar-refractivity contribution in [3.8, 4) is 28.7 Å². The minimum Gasteiger partial charge on any atom is -0.504 e. The predicted molar refractivity (Wildman–Crippen MR) is 148 cm³/mol. The molecule has 3 aliphatic rings. The molecule has 0 aromatic heterocycles. The molecule has 0 radical (unpaired) electrons. The van der Waals surface area contributed by atoms with Gasteiger partial charge in [0.15, 0.2) is 23.0 Å². The molecule has 19 nitrogen and oxygen atoms in total. The van der Waals surface area contributed by atoms with E-state index in [0.29, 0.717) is 6.07 Å². The third kappa shape index (κ3) is 5.86. The minimum atomic E-state index is -2.56. The molecule has 0 amide bonds. The summed E-state index contributed by atoms with van der Waals surface area (Å²) in [5.74, 6) is -12.9. The van der Waals surface area contributed by atoms with Crippen LogP contribution in [0.4, 0.5) is 0 Å². The molecule has 0 aliphatic carbocycles. The molecule has 256 valence electrons. The van der Waals surface area contributed by atoms with Crippen molar-refractivity contribution in [1.82, 2.24) is 0 Å². The molecule has 2 saturated heterocycles. The van der Waals surface area contributed by atoms with Gasteiger partial charge in [-0.15, -0.1) is 0 Å². The molecule has 9 N–H and O–H groups in total. The maximum Gasteiger partial charge on any atom is 0.352 e. The van der Waals surface area contributed by atoms with E-state index in [0.717, 1.165) is 18.2 Å². The quantitative estimate of drug-likeness (QED) is 0.0626. The number of carbonyl (C=O) groups excluding carboxylic acids is 3. The number of aromatic hydroxyl groups is 4. The molecule has 8 atom stereocenters. The zero-order valence-corrected chi connectivity index (χ0v) is 24.0. The number of cyclic esters (lactones) is 1. The monoisotopic (exact) mass is 678 g/mol. The van der Waals surface area contributed by atoms with Gasteiger partial charge in [-0.25, -0.2) is 19.2 Å². The van der Waals surface area contributed by atoms with Crippen molar-refractivity contribution in [3.63, 3.8) is 0 Å². The van der Waals surface area contributed by atoms with E-state index >= 15 is 0 Å². The molecule has 0 spiro atoms. The fourth-order valence-electron chi connectivity index (χ4n) is 5.54. The Kier molecular flexibility index (Phi) is 8.80. The largest absolute Gasteiger partial charge is 0.504 e. The second-order valence-corrected chi connectivity index (χ2v) is 10.9. The molecule has 48 heavy (non-hydrogen) atoms. The Bertz CT molecular complexity index is 1720. The lowest BCUT2D eigenvalue weighted by molar-refractivity contribution is -0.290. The first-order valence-electron chi connectivity index (χ1n) is 13.8. The number of hydrogen-bond donors (Lipinski definition) is 9. The van der Waals surface area contributed by atoms with Crippen LogP contribution in [-0.4, -0.2) is 125 Å². The van der Waals surface area contributed by atoms with Gasteiger partial charge in [0.2, 0.25) is 23.7 Å². The second kappa shape index (κ2) is 12.5. The Morgan fingerprint density at radius 3 is 2.27 bits per heavy atom. The third-order valence-corrected chi connectivity index (χ3v) is 7.82. The first kappa shape index (κ1) is 33.7. The highest BCUT2D eigenvalue weighted by atomic mass is 16.7. The van der Waals surface area contributed by atoms with Crippen LogP contribution in [0.2, 0.25) is 0 Å². The normalized spacial score (nSPS) is 29.0. The van der Waals surface area contributed by atoms with Gasteiger partial charge < -0.3 is 69.6 Å². The van der Waals surface area contributed by atoms with Gasteiger partial charge in [0.1, 0.15) is 31.0 Å². The van der Waals surface area contributed by atoms with E-state index in [1.165, 1.54) is 12.1 Å². The van der Waals surface area contributed by atoms with Gasteiger partial charge in [-0.1, -0.05) is 6.07 Å². The maximum atomic E-state index is 13.3. The number of phenols is 4. The summed E-state index contributed by atoms with van der Waals surface area (Å²) >= 11 is 0. The van der Waals surface area contributed by atoms with E-state index in [9.17, 15) is 69.9 Å². The fraction of sp³-hybridized carbons (Fsp3) is 0.345. The first-order chi connectivity index (χ1) is 22.5. The molecule has 3 heterocycles. The van der Waals surface area contributed by atoms with Crippen molar-refractivity contribution >= 4 is 35.9 Å². The van der Waals surface area contributed by atoms with Crippen LogP contribution >= 0.6 is 0 Å². The number of rotatable bonds is 9. The Hall–Kier alpha value is -5.63. The van der Waals surface area contributed by atoms with Crippen LogP contribution in [0.25, 0.3) is 6.08 Å². The smallest absolute Gasteiger partial charge is 0.352 e. The number of carboxylic acid groups (broad SMARTS) is 2. The van der Waals surface area contributed by atoms with Crippen molar-refractivity contribution in [2.24, 2.45) is 0 Å². The number of benzene rings is 2. The third-order valence-electron chi connectivity index (χ3n) is 7.82. The Morgan fingerprint density at radius 2 is 1.62 bits per heavy atom. The summed E-state index contributed by atoms with van der Waals surface area (Å²) in [4.78, 5) is 62.1. The second-order valence-electron chi connectivity index (χ2n) is 10.9. The molecule has 0 unspecified atom stereocenters. The molecule has 2 aromatic rings. The summed E-state index contributed by atoms with van der Waals surface area (Å²) in [5.41, 5.74) is -3.56. The molecule has 19 heteroatoms. The lowest BCUT2D eigenvalue weighted by Gasteiger charge is -2.39. The highest BCUT2D eigenvalue weighted by Gasteiger charge is 2.69. The van der Waals surface area contributed by atoms with Crippen LogP contribution < -0.4 is 4.74 Å². The number of carbonyl (C=O) groups is 5. The number of hydrogen-bond acceptors (Lipinski definition) is 17. The highest BCUT2D eigenvalue weighted by molar-refractivity contribution is 6.00. The lowest BCUT2D eigenvalue weighted by Crippen LogP contribution is -2.59. The van der Waals surface area contributed by atoms with E-state index in [1.807, 2.05) is 0 Å². The summed E-state index contributed by atoms with van der Waals surface area (Å²) in [7, 11) is 0. The van der Waals surface area contributed by atoms with Gasteiger partial charge in [-0.2, -0.15) is 0 Å². The van der Waals surface area contributed by atoms with E-state index in [4.69, 9.17) is 23.7 Å². The number of aliphatic carboxylic acids is 2. The predicted octanol–water partition coefficient (Wildman–Crippen LogP) is -1.57. The number of esters is 3. The van der Waals surface area contributed by atoms with Crippen LogP contribution in [0.15, 0.2) is 30.3 Å². The Morgan fingerprint density at radius 1 is 0.917 bits per heavy atom. The number of aliphatic hydroxyl groups excluding tert-OH is 3. The Labute approximate surface area is 267 Å². The molecule has 5 rings (SSSR count). The highest BCUT2D eigenvalue weighted by Crippen LogP contribution is 2.59. The van der Waals surface area contributed by atoms with Crippen LogP contribution in [0.5, 0.6) is 28.7 Å². The van der Waals surface area contributed by atoms with Crippen molar-refractivity contribution < 1.29 is 93.6 Å². The summed E-state index contributed by atoms with van der Waals surface area (Å²) in [6.07, 6.45) is -10.8. The molecular weight excluding hydrogens is 652 g/mol. The Balaban J connectivity index is 1.35. The van der Waals surface area contributed by atoms with Crippen molar-refractivity contribution in [3.05, 3.63) is 47.0 Å². The van der Waals surface area contributed by atoms with Gasteiger partial charge >= 0.3 is 29.8 Å². The van der Waals surface area contributed by atoms with Crippen LogP contribution in [-0.2, 0) is 38.1 Å². The molecule has 2 fully saturated rings. The van der Waals surface area contributed by atoms with Gasteiger partial charge in [-0.05, 0) is 29.8 Å². The number of carboxylic acids is 2. The SMILES string of the molecule is O=C(O)C[C@@]12Oc3c(O)c(O)cc(C(=O)OC[C@H]4O[C@@H](OC(=O)/C=C/c5ccc(O)c(O)c5)[C@H](O)[C@@H](O)[C@@H]4O)c3[C@@H]1[C@H](C(=O)O)OC2=O. The number of phenolic OH excluding ortho intramolecular Hbond substituents is 4. The summed E-state index contributed by atoms with van der Waals surface area (Å²) < 4.78 is 25.8. The van der Waals surface area contributed by atoms with Crippen LogP contribution in [0.1, 0.15) is 33.8 Å². The number of ether oxygens (including phenoxy) is 5. The van der Waals surface area contributed by atoms with Crippen molar-refractivity contribution in [2.75, 3.05) is 6.61 Å². The zero-order valence-electron chi connectivity index (χ0n) is 24.0. The van der Waals surface area contributed by atoms with E-state index in [1.54, 1.807) is 0 Å². The topological polar surface area (TPSA) is 314 Å². The van der Waals surface area contributed by atoms with E-state index in [2.05, 4.69) is 0 Å². The molecule has 0 bridgehead atoms. The van der Waals surface area contributed by atoms with Crippen LogP contribution in [0, 0.1) is 0 Å². The van der Waals surface area contributed by atoms with Crippen LogP contribution in [0.3, 0.4) is 0 Å². The van der Waals surface area contributed by atoms with E-state index in [-0.39, 0.29) is 5.56 Å². The minimum absolute atomic E-state index is 0.258. The standard InChI is InChI=1S/C29H26O19/c30-11-3-1-9(5-12(11)31)2-4-16(35)46-27-22(39)21(38)20(37)14(45-27)8-44-26(42)10-6-13(32)19(36)23-17(10)18-24(25(40)41)47-28(43)29(18,48-23)7-15(33)34/h1-6,14,18,20-22,24,27,30-32,36-39H,7-8H2,(H,33,34)(H,40,41)/b4-2+/t14-,18-,20-,21+,22-,24-,27+,29-/m1/s1. The first-order valence-corrected chi connectivity index (χ1v) is 13.8. The molecule has 2 aromatic carbocycles. The summed E-state index contributed by atoms with van der Waals surface area (Å²) in [5, 5.41) is 89.9. The average Bonchev–Trinajstić information content (AvgIpc) is 3.50. The number of aliphatic hydroxyl groups is 3. The summed E-state index contributed by atoms with van der Waals surface area (Å²) in [6, 6.07) is 4.24. The van der Waals surface area contributed by atoms with E-state index < -0.39 is 131 Å². The molecule has 0 saturated carbocycles.